The Balaban J connectivity index is 1.96. The molecule has 0 aromatic carbocycles. The lowest BCUT2D eigenvalue weighted by Crippen LogP contribution is -2.70. The van der Waals surface area contributed by atoms with Gasteiger partial charge in [0.05, 0.1) is 12.0 Å². The van der Waals surface area contributed by atoms with Crippen LogP contribution in [0.5, 0.6) is 0 Å². The topological polar surface area (TPSA) is 101 Å². The van der Waals surface area contributed by atoms with Crippen LogP contribution in [0.2, 0.25) is 0 Å². The molecule has 1 heterocycles. The summed E-state index contributed by atoms with van der Waals surface area (Å²) < 4.78 is 5.41. The number of carbonyl (C=O) groups excluding carboxylic acids is 3. The van der Waals surface area contributed by atoms with Crippen molar-refractivity contribution in [3.05, 3.63) is 11.6 Å². The second-order valence-corrected chi connectivity index (χ2v) is 8.73. The summed E-state index contributed by atoms with van der Waals surface area (Å²) in [4.78, 5) is 38.0. The molecule has 2 N–H and O–H groups in total. The number of hydrogen-bond acceptors (Lipinski definition) is 6. The van der Waals surface area contributed by atoms with E-state index in [0.29, 0.717) is 0 Å². The first kappa shape index (κ1) is 16.9. The molecule has 136 valence electrons. The zero-order chi connectivity index (χ0) is 18.5. The Morgan fingerprint density at radius 2 is 1.84 bits per heavy atom. The first-order valence-electron chi connectivity index (χ1n) is 8.88. The molecule has 0 unspecified atom stereocenters. The molecule has 3 fully saturated rings. The third-order valence-electron chi connectivity index (χ3n) is 7.71. The van der Waals surface area contributed by atoms with Gasteiger partial charge in [-0.2, -0.15) is 0 Å². The number of Topliss-reactive ketones (excluding diaryl/α,β-unsaturated/α-hetero) is 1. The maximum atomic E-state index is 13.2. The van der Waals surface area contributed by atoms with Crippen LogP contribution in [0.1, 0.15) is 34.1 Å². The molecule has 0 amide bonds. The normalized spacial score (nSPS) is 54.6. The maximum Gasteiger partial charge on any atom is 0.310 e. The minimum atomic E-state index is -1.31. The molecular weight excluding hydrogens is 324 g/mol. The number of fused-ring (bicyclic) bond motifs is 6. The van der Waals surface area contributed by atoms with Gasteiger partial charge in [0.1, 0.15) is 18.0 Å². The molecule has 2 bridgehead atoms. The summed E-state index contributed by atoms with van der Waals surface area (Å²) in [6, 6.07) is 0. The van der Waals surface area contributed by atoms with Gasteiger partial charge < -0.3 is 14.9 Å². The van der Waals surface area contributed by atoms with Crippen LogP contribution in [0.15, 0.2) is 11.6 Å². The van der Waals surface area contributed by atoms with E-state index in [1.54, 1.807) is 20.8 Å². The number of ether oxygens (including phenoxy) is 1. The second kappa shape index (κ2) is 4.80. The first-order chi connectivity index (χ1) is 11.6. The number of aliphatic hydroxyl groups is 2. The van der Waals surface area contributed by atoms with E-state index in [4.69, 9.17) is 4.74 Å². The lowest BCUT2D eigenvalue weighted by molar-refractivity contribution is -0.208. The Kier molecular flexibility index (Phi) is 3.24. The molecule has 4 aliphatic rings. The molecule has 9 atom stereocenters. The van der Waals surface area contributed by atoms with Crippen molar-refractivity contribution < 1.29 is 29.3 Å². The van der Waals surface area contributed by atoms with Crippen LogP contribution in [0.25, 0.3) is 0 Å². The van der Waals surface area contributed by atoms with E-state index in [1.807, 2.05) is 6.92 Å². The predicted molar refractivity (Wildman–Crippen MR) is 86.1 cm³/mol. The van der Waals surface area contributed by atoms with Crippen molar-refractivity contribution in [3.63, 3.8) is 0 Å². The lowest BCUT2D eigenvalue weighted by atomic mass is 9.40. The van der Waals surface area contributed by atoms with Crippen molar-refractivity contribution >= 4 is 17.5 Å². The first-order valence-corrected chi connectivity index (χ1v) is 8.88. The molecule has 6 heteroatoms. The summed E-state index contributed by atoms with van der Waals surface area (Å²) in [5.41, 5.74) is -1.41. The third kappa shape index (κ3) is 1.70. The van der Waals surface area contributed by atoms with E-state index in [2.05, 4.69) is 0 Å². The van der Waals surface area contributed by atoms with Crippen LogP contribution in [0.4, 0.5) is 0 Å². The van der Waals surface area contributed by atoms with Gasteiger partial charge in [-0.3, -0.25) is 14.4 Å². The molecule has 0 radical (unpaired) electrons. The Hall–Kier alpha value is -1.53. The van der Waals surface area contributed by atoms with Gasteiger partial charge in [-0.25, -0.2) is 0 Å². The van der Waals surface area contributed by atoms with Gasteiger partial charge in [-0.15, -0.1) is 0 Å². The monoisotopic (exact) mass is 348 g/mol. The Morgan fingerprint density at radius 1 is 1.20 bits per heavy atom. The summed E-state index contributed by atoms with van der Waals surface area (Å²) in [6.45, 7) is 7.09. The van der Waals surface area contributed by atoms with E-state index >= 15 is 0 Å². The Labute approximate surface area is 146 Å². The zero-order valence-electron chi connectivity index (χ0n) is 14.9. The number of ketones is 2. The highest BCUT2D eigenvalue weighted by Crippen LogP contribution is 2.66. The molecular formula is C19H24O6. The molecule has 6 nitrogen and oxygen atoms in total. The number of carbonyl (C=O) groups is 3. The number of esters is 1. The van der Waals surface area contributed by atoms with Gasteiger partial charge >= 0.3 is 5.97 Å². The van der Waals surface area contributed by atoms with Crippen molar-refractivity contribution in [2.45, 2.75) is 52.4 Å². The van der Waals surface area contributed by atoms with E-state index in [-0.39, 0.29) is 24.0 Å². The minimum absolute atomic E-state index is 0.0949. The number of rotatable bonds is 0. The van der Waals surface area contributed by atoms with Crippen LogP contribution in [-0.2, 0) is 19.1 Å². The van der Waals surface area contributed by atoms with E-state index in [1.165, 1.54) is 6.08 Å². The van der Waals surface area contributed by atoms with E-state index in [9.17, 15) is 24.6 Å². The number of aliphatic hydroxyl groups excluding tert-OH is 2. The fourth-order valence-electron chi connectivity index (χ4n) is 6.55. The van der Waals surface area contributed by atoms with Crippen LogP contribution in [0, 0.1) is 34.5 Å². The smallest absolute Gasteiger partial charge is 0.310 e. The van der Waals surface area contributed by atoms with Crippen LogP contribution < -0.4 is 0 Å². The summed E-state index contributed by atoms with van der Waals surface area (Å²) in [5.74, 6) is -2.93. The Morgan fingerprint density at radius 3 is 2.48 bits per heavy atom. The molecule has 1 aliphatic heterocycles. The van der Waals surface area contributed by atoms with E-state index < -0.39 is 52.7 Å². The molecule has 4 rings (SSSR count). The van der Waals surface area contributed by atoms with Crippen LogP contribution in [-0.4, -0.2) is 46.1 Å². The van der Waals surface area contributed by atoms with Gasteiger partial charge in [-0.05, 0) is 18.9 Å². The average Bonchev–Trinajstić information content (AvgIpc) is 2.78. The highest BCUT2D eigenvalue weighted by atomic mass is 16.6. The molecule has 3 aliphatic carbocycles. The van der Waals surface area contributed by atoms with Crippen molar-refractivity contribution in [3.8, 4) is 0 Å². The zero-order valence-corrected chi connectivity index (χ0v) is 14.9. The van der Waals surface area contributed by atoms with Gasteiger partial charge in [0.2, 0.25) is 0 Å². The second-order valence-electron chi connectivity index (χ2n) is 8.73. The van der Waals surface area contributed by atoms with Crippen molar-refractivity contribution in [1.29, 1.82) is 0 Å². The van der Waals surface area contributed by atoms with Gasteiger partial charge in [0.25, 0.3) is 0 Å². The number of hydrogen-bond donors (Lipinski definition) is 2. The van der Waals surface area contributed by atoms with Gasteiger partial charge in [-0.1, -0.05) is 26.3 Å². The Bertz CT molecular complexity index is 725. The molecule has 0 aromatic heterocycles. The van der Waals surface area contributed by atoms with Crippen molar-refractivity contribution in [2.24, 2.45) is 34.5 Å². The highest BCUT2D eigenvalue weighted by Gasteiger charge is 2.74. The molecule has 1 saturated heterocycles. The highest BCUT2D eigenvalue weighted by molar-refractivity contribution is 5.98. The summed E-state index contributed by atoms with van der Waals surface area (Å²) in [5, 5.41) is 21.9. The fourth-order valence-corrected chi connectivity index (χ4v) is 6.55. The average molecular weight is 348 g/mol. The molecule has 0 spiro atoms. The largest absolute Gasteiger partial charge is 0.459 e. The summed E-state index contributed by atoms with van der Waals surface area (Å²) in [7, 11) is 0. The molecule has 0 aromatic rings. The lowest BCUT2D eigenvalue weighted by Gasteiger charge is -2.62. The molecule has 2 saturated carbocycles. The quantitative estimate of drug-likeness (QED) is 0.623. The summed E-state index contributed by atoms with van der Waals surface area (Å²) in [6.07, 6.45) is -1.54. The number of allylic oxidation sites excluding steroid dienone is 1. The predicted octanol–water partition coefficient (Wildman–Crippen LogP) is 0.646. The van der Waals surface area contributed by atoms with Crippen LogP contribution >= 0.6 is 0 Å². The van der Waals surface area contributed by atoms with E-state index in [0.717, 1.165) is 5.57 Å². The molecule has 25 heavy (non-hydrogen) atoms. The van der Waals surface area contributed by atoms with Crippen molar-refractivity contribution in [1.82, 2.24) is 0 Å². The minimum Gasteiger partial charge on any atom is -0.459 e. The third-order valence-corrected chi connectivity index (χ3v) is 7.71. The SMILES string of the molecule is CC1=CC(=O)[C@@H](O)[C@@]2(C)[C@H]1CC(=O)[C@]1(C)[C@@H]3C(=O)O[C@H]([C@@H]3C)[C@H](O)[C@@H]12. The standard InChI is InChI=1S/C19H24O6/c1-7-5-10(20)16(23)18(3)9(7)6-11(21)19(4)12-8(2)14(25-17(12)24)13(22)15(18)19/h5,8-9,12-16,22-23H,6H2,1-4H3/t8-,9+,12+,13+,14-,15-,16-,18+,19-/m1/s1. The van der Waals surface area contributed by atoms with Gasteiger partial charge in [0.15, 0.2) is 5.78 Å². The maximum absolute atomic E-state index is 13.2. The van der Waals surface area contributed by atoms with Gasteiger partial charge in [0, 0.05) is 29.1 Å². The fraction of sp³-hybridized carbons (Fsp3) is 0.737. The summed E-state index contributed by atoms with van der Waals surface area (Å²) >= 11 is 0. The van der Waals surface area contributed by atoms with Crippen molar-refractivity contribution in [2.75, 3.05) is 0 Å². The van der Waals surface area contributed by atoms with Crippen LogP contribution in [0.3, 0.4) is 0 Å².